The van der Waals surface area contributed by atoms with Crippen molar-refractivity contribution in [2.45, 2.75) is 6.54 Å². The number of anilines is 2. The lowest BCUT2D eigenvalue weighted by Gasteiger charge is -2.36. The number of nitrogens with one attached hydrogen (secondary N) is 1. The van der Waals surface area contributed by atoms with Gasteiger partial charge in [-0.2, -0.15) is 0 Å². The number of ether oxygens (including phenoxy) is 1. The fraction of sp³-hybridized carbons (Fsp3) is 0.207. The van der Waals surface area contributed by atoms with E-state index in [1.165, 1.54) is 0 Å². The minimum Gasteiger partial charge on any atom is -0.496 e. The zero-order valence-electron chi connectivity index (χ0n) is 20.0. The molecule has 1 fully saturated rings. The molecule has 0 aromatic heterocycles. The van der Waals surface area contributed by atoms with Crippen LogP contribution >= 0.6 is 23.2 Å². The molecule has 36 heavy (non-hydrogen) atoms. The third-order valence-electron chi connectivity index (χ3n) is 6.58. The molecular formula is C29H27Cl2N3O2. The zero-order chi connectivity index (χ0) is 25.1. The Hall–Kier alpha value is -3.25. The van der Waals surface area contributed by atoms with Crippen molar-refractivity contribution in [3.05, 3.63) is 100 Å². The van der Waals surface area contributed by atoms with E-state index in [0.29, 0.717) is 22.0 Å². The average molecular weight is 520 g/mol. The summed E-state index contributed by atoms with van der Waals surface area (Å²) < 4.78 is 5.48. The van der Waals surface area contributed by atoms with E-state index in [4.69, 9.17) is 27.9 Å². The molecule has 0 saturated carbocycles. The topological polar surface area (TPSA) is 44.8 Å². The van der Waals surface area contributed by atoms with Crippen LogP contribution in [0, 0.1) is 0 Å². The molecule has 0 aliphatic carbocycles. The van der Waals surface area contributed by atoms with Crippen molar-refractivity contribution >= 4 is 51.3 Å². The number of piperazine rings is 1. The summed E-state index contributed by atoms with van der Waals surface area (Å²) in [5.74, 6) is 0.290. The molecule has 5 rings (SSSR count). The highest BCUT2D eigenvalue weighted by Gasteiger charge is 2.20. The number of hydrogen-bond acceptors (Lipinski definition) is 4. The van der Waals surface area contributed by atoms with Gasteiger partial charge in [0.25, 0.3) is 5.91 Å². The van der Waals surface area contributed by atoms with Gasteiger partial charge in [0, 0.05) is 43.4 Å². The number of benzene rings is 4. The summed E-state index contributed by atoms with van der Waals surface area (Å²) in [7, 11) is 1.57. The van der Waals surface area contributed by atoms with Gasteiger partial charge >= 0.3 is 0 Å². The molecule has 4 aromatic rings. The molecule has 0 unspecified atom stereocenters. The third kappa shape index (κ3) is 5.29. The molecule has 1 aliphatic heterocycles. The van der Waals surface area contributed by atoms with Crippen molar-refractivity contribution in [3.8, 4) is 5.75 Å². The lowest BCUT2D eigenvalue weighted by molar-refractivity contribution is 0.102. The van der Waals surface area contributed by atoms with E-state index < -0.39 is 0 Å². The number of methoxy groups -OCH3 is 1. The van der Waals surface area contributed by atoms with Gasteiger partial charge in [0.05, 0.1) is 23.4 Å². The molecule has 0 atom stereocenters. The highest BCUT2D eigenvalue weighted by Crippen LogP contribution is 2.31. The van der Waals surface area contributed by atoms with E-state index in [0.717, 1.165) is 59.8 Å². The van der Waals surface area contributed by atoms with Crippen molar-refractivity contribution in [1.82, 2.24) is 4.90 Å². The van der Waals surface area contributed by atoms with Crippen LogP contribution in [0.1, 0.15) is 15.9 Å². The summed E-state index contributed by atoms with van der Waals surface area (Å²) in [5.41, 5.74) is 3.23. The minimum atomic E-state index is -0.241. The molecule has 0 spiro atoms. The van der Waals surface area contributed by atoms with E-state index in [2.05, 4.69) is 21.2 Å². The maximum Gasteiger partial charge on any atom is 0.259 e. The molecule has 5 nitrogen and oxygen atoms in total. The predicted octanol–water partition coefficient (Wildman–Crippen LogP) is 6.73. The number of carbonyl (C=O) groups is 1. The first-order valence-corrected chi connectivity index (χ1v) is 12.7. The summed E-state index contributed by atoms with van der Waals surface area (Å²) in [4.78, 5) is 17.8. The van der Waals surface area contributed by atoms with Crippen molar-refractivity contribution in [3.63, 3.8) is 0 Å². The van der Waals surface area contributed by atoms with Crippen LogP contribution in [0.25, 0.3) is 10.8 Å². The fourth-order valence-electron chi connectivity index (χ4n) is 4.62. The van der Waals surface area contributed by atoms with E-state index in [1.807, 2.05) is 66.7 Å². The molecule has 184 valence electrons. The standard InChI is InChI=1S/C29H27Cl2N3O2/c1-36-28-17-21-7-3-2-6-20(21)16-24(28)29(35)32-23-10-11-27(26(31)18-23)34-14-12-33(13-15-34)19-22-8-4-5-9-25(22)30/h2-11,16-18H,12-15,19H2,1H3,(H,32,35). The van der Waals surface area contributed by atoms with Crippen LogP contribution in [-0.2, 0) is 6.54 Å². The zero-order valence-corrected chi connectivity index (χ0v) is 21.5. The molecule has 7 heteroatoms. The fourth-order valence-corrected chi connectivity index (χ4v) is 5.12. The Morgan fingerprint density at radius 3 is 2.25 bits per heavy atom. The van der Waals surface area contributed by atoms with Crippen LogP contribution in [0.5, 0.6) is 5.75 Å². The molecule has 0 radical (unpaired) electrons. The highest BCUT2D eigenvalue weighted by molar-refractivity contribution is 6.33. The summed E-state index contributed by atoms with van der Waals surface area (Å²) in [5, 5.41) is 6.38. The molecule has 1 aliphatic rings. The Morgan fingerprint density at radius 1 is 0.861 bits per heavy atom. The smallest absolute Gasteiger partial charge is 0.259 e. The lowest BCUT2D eigenvalue weighted by atomic mass is 10.1. The number of nitrogens with zero attached hydrogens (tertiary/aromatic N) is 2. The number of halogens is 2. The second kappa shape index (κ2) is 10.8. The molecule has 0 bridgehead atoms. The number of rotatable bonds is 6. The quantitative estimate of drug-likeness (QED) is 0.306. The second-order valence-corrected chi connectivity index (χ2v) is 9.69. The van der Waals surface area contributed by atoms with Gasteiger partial charge < -0.3 is 15.0 Å². The molecule has 1 N–H and O–H groups in total. The van der Waals surface area contributed by atoms with Gasteiger partial charge in [-0.15, -0.1) is 0 Å². The summed E-state index contributed by atoms with van der Waals surface area (Å²) in [6, 6.07) is 25.3. The Balaban J connectivity index is 1.25. The van der Waals surface area contributed by atoms with E-state index >= 15 is 0 Å². The Labute approximate surface area is 221 Å². The minimum absolute atomic E-state index is 0.241. The van der Waals surface area contributed by atoms with Crippen molar-refractivity contribution in [2.24, 2.45) is 0 Å². The largest absolute Gasteiger partial charge is 0.496 e. The van der Waals surface area contributed by atoms with Crippen molar-refractivity contribution in [1.29, 1.82) is 0 Å². The molecule has 4 aromatic carbocycles. The van der Waals surface area contributed by atoms with Crippen LogP contribution < -0.4 is 15.0 Å². The van der Waals surface area contributed by atoms with Gasteiger partial charge in [0.1, 0.15) is 5.75 Å². The first kappa shape index (κ1) is 24.4. The third-order valence-corrected chi connectivity index (χ3v) is 7.25. The van der Waals surface area contributed by atoms with Gasteiger partial charge in [-0.3, -0.25) is 9.69 Å². The van der Waals surface area contributed by atoms with Gasteiger partial charge in [0.15, 0.2) is 0 Å². The number of hydrogen-bond donors (Lipinski definition) is 1. The maximum absolute atomic E-state index is 13.1. The van der Waals surface area contributed by atoms with E-state index in [9.17, 15) is 4.79 Å². The molecular weight excluding hydrogens is 493 g/mol. The van der Waals surface area contributed by atoms with Crippen molar-refractivity contribution in [2.75, 3.05) is 43.5 Å². The number of amides is 1. The first-order valence-electron chi connectivity index (χ1n) is 11.9. The van der Waals surface area contributed by atoms with Crippen LogP contribution in [0.2, 0.25) is 10.0 Å². The Bertz CT molecular complexity index is 1400. The average Bonchev–Trinajstić information content (AvgIpc) is 2.90. The molecule has 1 saturated heterocycles. The summed E-state index contributed by atoms with van der Waals surface area (Å²) in [6.07, 6.45) is 0. The van der Waals surface area contributed by atoms with Crippen LogP contribution in [0.3, 0.4) is 0 Å². The Kier molecular flexibility index (Phi) is 7.33. The number of fused-ring (bicyclic) bond motifs is 1. The lowest BCUT2D eigenvalue weighted by Crippen LogP contribution is -2.46. The van der Waals surface area contributed by atoms with E-state index in [1.54, 1.807) is 13.2 Å². The second-order valence-electron chi connectivity index (χ2n) is 8.87. The van der Waals surface area contributed by atoms with Gasteiger partial charge in [-0.1, -0.05) is 65.7 Å². The van der Waals surface area contributed by atoms with Crippen molar-refractivity contribution < 1.29 is 9.53 Å². The predicted molar refractivity (Wildman–Crippen MR) is 149 cm³/mol. The normalized spacial score (nSPS) is 14.1. The maximum atomic E-state index is 13.1. The first-order chi connectivity index (χ1) is 17.5. The monoisotopic (exact) mass is 519 g/mol. The highest BCUT2D eigenvalue weighted by atomic mass is 35.5. The molecule has 1 heterocycles. The van der Waals surface area contributed by atoms with Gasteiger partial charge in [0.2, 0.25) is 0 Å². The summed E-state index contributed by atoms with van der Waals surface area (Å²) >= 11 is 13.0. The molecule has 1 amide bonds. The van der Waals surface area contributed by atoms with Gasteiger partial charge in [-0.25, -0.2) is 0 Å². The van der Waals surface area contributed by atoms with Crippen LogP contribution in [0.15, 0.2) is 78.9 Å². The van der Waals surface area contributed by atoms with Crippen LogP contribution in [0.4, 0.5) is 11.4 Å². The van der Waals surface area contributed by atoms with E-state index in [-0.39, 0.29) is 5.91 Å². The van der Waals surface area contributed by atoms with Gasteiger partial charge in [-0.05, 0) is 52.7 Å². The van der Waals surface area contributed by atoms with Crippen LogP contribution in [-0.4, -0.2) is 44.1 Å². The number of carbonyl (C=O) groups excluding carboxylic acids is 1. The Morgan fingerprint density at radius 2 is 1.56 bits per heavy atom. The summed E-state index contributed by atoms with van der Waals surface area (Å²) in [6.45, 7) is 4.41. The SMILES string of the molecule is COc1cc2ccccc2cc1C(=O)Nc1ccc(N2CCN(Cc3ccccc3Cl)CC2)c(Cl)c1.